The van der Waals surface area contributed by atoms with Crippen LogP contribution in [0, 0.1) is 0 Å². The van der Waals surface area contributed by atoms with Gasteiger partial charge in [-0.3, -0.25) is 4.79 Å². The Bertz CT molecular complexity index is 305. The molecule has 1 aromatic rings. The topological polar surface area (TPSA) is 81.1 Å². The van der Waals surface area contributed by atoms with Crippen molar-refractivity contribution in [3.63, 3.8) is 0 Å². The molecule has 0 spiro atoms. The normalized spacial score (nSPS) is 12.4. The molecule has 0 aliphatic rings. The number of carbonyl (C=O) groups is 1. The maximum absolute atomic E-state index is 10.5. The van der Waals surface area contributed by atoms with Gasteiger partial charge in [-0.25, -0.2) is 4.68 Å². The van der Waals surface area contributed by atoms with Gasteiger partial charge in [0, 0.05) is 12.4 Å². The Balaban J connectivity index is 3.01. The molecule has 0 radical (unpaired) electrons. The fourth-order valence-corrected chi connectivity index (χ4v) is 0.850. The predicted octanol–water partition coefficient (Wildman–Crippen LogP) is 0.0680. The van der Waals surface area contributed by atoms with E-state index in [0.717, 1.165) is 0 Å². The zero-order valence-electron chi connectivity index (χ0n) is 6.34. The van der Waals surface area contributed by atoms with Gasteiger partial charge in [-0.05, 0) is 6.07 Å². The third-order valence-corrected chi connectivity index (χ3v) is 1.46. The fourth-order valence-electron chi connectivity index (χ4n) is 0.850. The summed E-state index contributed by atoms with van der Waals surface area (Å²) in [6.07, 6.45) is 2.87. The molecule has 0 fully saturated rings. The van der Waals surface area contributed by atoms with Crippen molar-refractivity contribution in [2.24, 2.45) is 5.73 Å². The van der Waals surface area contributed by atoms with Gasteiger partial charge < -0.3 is 10.8 Å². The molecule has 5 heteroatoms. The molecule has 1 rings (SSSR count). The summed E-state index contributed by atoms with van der Waals surface area (Å²) >= 11 is 0. The number of aliphatic carboxylic acids is 1. The number of hydrogen-bond donors (Lipinski definition) is 2. The highest BCUT2D eigenvalue weighted by Crippen LogP contribution is 2.09. The van der Waals surface area contributed by atoms with E-state index in [9.17, 15) is 4.79 Å². The van der Waals surface area contributed by atoms with Crippen LogP contribution >= 0.6 is 0 Å². The highest BCUT2D eigenvalue weighted by Gasteiger charge is 2.17. The molecule has 0 amide bonds. The van der Waals surface area contributed by atoms with E-state index < -0.39 is 12.0 Å². The molecule has 0 bridgehead atoms. The molecule has 1 atom stereocenters. The maximum Gasteiger partial charge on any atom is 0.326 e. The van der Waals surface area contributed by atoms with E-state index in [1.54, 1.807) is 6.07 Å². The monoisotopic (exact) mass is 167 g/mol. The van der Waals surface area contributed by atoms with Gasteiger partial charge in [0.2, 0.25) is 0 Å². The smallest absolute Gasteiger partial charge is 0.326 e. The van der Waals surface area contributed by atoms with E-state index in [1.807, 2.05) is 0 Å². The van der Waals surface area contributed by atoms with Crippen LogP contribution in [0.5, 0.6) is 0 Å². The van der Waals surface area contributed by atoms with Crippen molar-refractivity contribution in [2.75, 3.05) is 0 Å². The number of hydrogen-bond acceptors (Lipinski definition) is 3. The highest BCUT2D eigenvalue weighted by molar-refractivity contribution is 5.74. The summed E-state index contributed by atoms with van der Waals surface area (Å²) in [5.74, 6) is -1.08. The largest absolute Gasteiger partial charge is 0.480 e. The Morgan fingerprint density at radius 3 is 3.08 bits per heavy atom. The summed E-state index contributed by atoms with van der Waals surface area (Å²) in [4.78, 5) is 10.5. The molecule has 0 saturated heterocycles. The second-order valence-corrected chi connectivity index (χ2v) is 2.20. The highest BCUT2D eigenvalue weighted by atomic mass is 16.4. The van der Waals surface area contributed by atoms with E-state index in [2.05, 4.69) is 11.7 Å². The number of carboxylic acids is 1. The van der Waals surface area contributed by atoms with Crippen molar-refractivity contribution in [2.45, 2.75) is 6.04 Å². The van der Waals surface area contributed by atoms with Crippen LogP contribution < -0.4 is 5.73 Å². The number of nitrogens with two attached hydrogens (primary N) is 1. The first-order chi connectivity index (χ1) is 5.66. The van der Waals surface area contributed by atoms with Crippen LogP contribution in [-0.2, 0) is 4.79 Å². The van der Waals surface area contributed by atoms with Crippen LogP contribution in [0.2, 0.25) is 0 Å². The molecule has 3 N–H and O–H groups in total. The third kappa shape index (κ3) is 1.35. The van der Waals surface area contributed by atoms with Crippen molar-refractivity contribution in [3.05, 3.63) is 24.5 Å². The van der Waals surface area contributed by atoms with Crippen molar-refractivity contribution >= 4 is 12.2 Å². The average Bonchev–Trinajstić information content (AvgIpc) is 2.49. The zero-order chi connectivity index (χ0) is 9.14. The second kappa shape index (κ2) is 3.19. The Morgan fingerprint density at radius 2 is 2.58 bits per heavy atom. The van der Waals surface area contributed by atoms with Crippen molar-refractivity contribution < 1.29 is 9.90 Å². The fraction of sp³-hybridized carbons (Fsp3) is 0.143. The number of aromatic nitrogens is 2. The predicted molar refractivity (Wildman–Crippen MR) is 43.2 cm³/mol. The molecule has 64 valence electrons. The van der Waals surface area contributed by atoms with Gasteiger partial charge in [-0.2, -0.15) is 5.10 Å². The quantitative estimate of drug-likeness (QED) is 0.667. The van der Waals surface area contributed by atoms with E-state index in [1.165, 1.54) is 17.1 Å². The lowest BCUT2D eigenvalue weighted by molar-refractivity contribution is -0.138. The summed E-state index contributed by atoms with van der Waals surface area (Å²) in [7, 11) is 0. The zero-order valence-corrected chi connectivity index (χ0v) is 6.34. The Labute approximate surface area is 69.1 Å². The minimum atomic E-state index is -1.08. The first-order valence-electron chi connectivity index (χ1n) is 3.31. The minimum Gasteiger partial charge on any atom is -0.480 e. The molecular weight excluding hydrogens is 158 g/mol. The third-order valence-electron chi connectivity index (χ3n) is 1.46. The first-order valence-corrected chi connectivity index (χ1v) is 3.31. The van der Waals surface area contributed by atoms with Crippen LogP contribution in [0.15, 0.2) is 18.8 Å². The molecule has 5 nitrogen and oxygen atoms in total. The molecule has 1 aromatic heterocycles. The minimum absolute atomic E-state index is 0.414. The van der Waals surface area contributed by atoms with Gasteiger partial charge >= 0.3 is 5.97 Å². The molecule has 12 heavy (non-hydrogen) atoms. The molecule has 0 aromatic carbocycles. The lowest BCUT2D eigenvalue weighted by atomic mass is 10.2. The van der Waals surface area contributed by atoms with Gasteiger partial charge in [0.15, 0.2) is 0 Å². The summed E-state index contributed by atoms with van der Waals surface area (Å²) in [6.45, 7) is 3.46. The van der Waals surface area contributed by atoms with Crippen molar-refractivity contribution in [3.8, 4) is 0 Å². The Kier molecular flexibility index (Phi) is 2.25. The van der Waals surface area contributed by atoms with Crippen molar-refractivity contribution in [1.82, 2.24) is 9.78 Å². The molecule has 1 heterocycles. The van der Waals surface area contributed by atoms with Crippen molar-refractivity contribution in [1.29, 1.82) is 0 Å². The molecule has 0 aliphatic heterocycles. The second-order valence-electron chi connectivity index (χ2n) is 2.20. The Morgan fingerprint density at radius 1 is 1.92 bits per heavy atom. The molecule has 0 saturated carbocycles. The van der Waals surface area contributed by atoms with Gasteiger partial charge in [0.25, 0.3) is 0 Å². The summed E-state index contributed by atoms with van der Waals surface area (Å²) in [5, 5.41) is 12.4. The van der Waals surface area contributed by atoms with Gasteiger partial charge in [-0.15, -0.1) is 0 Å². The summed E-state index contributed by atoms with van der Waals surface area (Å²) in [6, 6.07) is 0.492. The van der Waals surface area contributed by atoms with Gasteiger partial charge in [0.05, 0.1) is 5.69 Å². The van der Waals surface area contributed by atoms with E-state index >= 15 is 0 Å². The maximum atomic E-state index is 10.5. The van der Waals surface area contributed by atoms with Crippen LogP contribution in [0.3, 0.4) is 0 Å². The summed E-state index contributed by atoms with van der Waals surface area (Å²) in [5.41, 5.74) is 5.76. The molecule has 1 unspecified atom stereocenters. The van der Waals surface area contributed by atoms with Gasteiger partial charge in [0.1, 0.15) is 6.04 Å². The number of nitrogens with zero attached hydrogens (tertiary/aromatic N) is 2. The standard InChI is InChI=1S/C7H9N3O2/c1-2-10-5(3-4-9-10)6(8)7(11)12/h2-4,6H,1,8H2,(H,11,12). The first kappa shape index (κ1) is 8.48. The molecule has 0 aliphatic carbocycles. The van der Waals surface area contributed by atoms with E-state index in [-0.39, 0.29) is 0 Å². The SMILES string of the molecule is C=Cn1nccc1C(N)C(=O)O. The van der Waals surface area contributed by atoms with Gasteiger partial charge in [-0.1, -0.05) is 6.58 Å². The summed E-state index contributed by atoms with van der Waals surface area (Å²) < 4.78 is 1.33. The van der Waals surface area contributed by atoms with Crippen LogP contribution in [0.4, 0.5) is 0 Å². The van der Waals surface area contributed by atoms with Crippen LogP contribution in [-0.4, -0.2) is 20.9 Å². The lowest BCUT2D eigenvalue weighted by Gasteiger charge is -2.05. The number of rotatable bonds is 3. The van der Waals surface area contributed by atoms with Crippen LogP contribution in [0.1, 0.15) is 11.7 Å². The molecular formula is C7H9N3O2. The van der Waals surface area contributed by atoms with E-state index in [0.29, 0.717) is 5.69 Å². The number of carboxylic acid groups (broad SMARTS) is 1. The Hall–Kier alpha value is -1.62. The van der Waals surface area contributed by atoms with Crippen LogP contribution in [0.25, 0.3) is 6.20 Å². The average molecular weight is 167 g/mol. The lowest BCUT2D eigenvalue weighted by Crippen LogP contribution is -2.22. The van der Waals surface area contributed by atoms with E-state index in [4.69, 9.17) is 10.8 Å².